The predicted molar refractivity (Wildman–Crippen MR) is 186 cm³/mol. The fourth-order valence-electron chi connectivity index (χ4n) is 6.08. The van der Waals surface area contributed by atoms with Crippen LogP contribution in [0.3, 0.4) is 0 Å². The van der Waals surface area contributed by atoms with E-state index >= 15 is 0 Å². The van der Waals surface area contributed by atoms with Crippen LogP contribution in [0.4, 0.5) is 0 Å². The van der Waals surface area contributed by atoms with Gasteiger partial charge in [-0.05, 0) is 79.4 Å². The average molecular weight is 564 g/mol. The molecule has 6 aromatic carbocycles. The number of pyridine rings is 1. The molecule has 0 saturated heterocycles. The quantitative estimate of drug-likeness (QED) is 0.188. The first-order valence-corrected chi connectivity index (χ1v) is 15.2. The molecule has 1 atom stereocenters. The van der Waals surface area contributed by atoms with Crippen molar-refractivity contribution in [2.75, 3.05) is 0 Å². The van der Waals surface area contributed by atoms with Crippen molar-refractivity contribution in [3.63, 3.8) is 0 Å². The Morgan fingerprint density at radius 2 is 1.18 bits per heavy atom. The minimum Gasteiger partial charge on any atom is -0.264 e. The zero-order valence-corrected chi connectivity index (χ0v) is 24.8. The highest BCUT2D eigenvalue weighted by atomic mass is 14.6. The number of allylic oxidation sites excluding steroid dienone is 2. The normalized spacial score (nSPS) is 12.2. The minimum absolute atomic E-state index is 0.0956. The van der Waals surface area contributed by atoms with Gasteiger partial charge in [0.25, 0.3) is 0 Å². The summed E-state index contributed by atoms with van der Waals surface area (Å²) in [5, 5.41) is 2.54. The second kappa shape index (κ2) is 12.4. The molecule has 0 aliphatic heterocycles. The van der Waals surface area contributed by atoms with E-state index in [2.05, 4.69) is 170 Å². The van der Waals surface area contributed by atoms with E-state index in [4.69, 9.17) is 0 Å². The Morgan fingerprint density at radius 3 is 1.98 bits per heavy atom. The zero-order chi connectivity index (χ0) is 29.7. The summed E-state index contributed by atoms with van der Waals surface area (Å²) in [4.78, 5) is 4.28. The molecule has 44 heavy (non-hydrogen) atoms. The molecule has 0 aliphatic carbocycles. The van der Waals surface area contributed by atoms with Crippen LogP contribution in [0.2, 0.25) is 0 Å². The van der Waals surface area contributed by atoms with E-state index in [0.29, 0.717) is 0 Å². The van der Waals surface area contributed by atoms with Crippen molar-refractivity contribution in [3.05, 3.63) is 193 Å². The van der Waals surface area contributed by atoms with Crippen molar-refractivity contribution >= 4 is 16.3 Å². The molecule has 0 spiro atoms. The highest BCUT2D eigenvalue weighted by Crippen LogP contribution is 2.35. The topological polar surface area (TPSA) is 12.9 Å². The van der Waals surface area contributed by atoms with E-state index in [-0.39, 0.29) is 5.92 Å². The maximum absolute atomic E-state index is 4.28. The molecule has 1 heteroatoms. The van der Waals surface area contributed by atoms with Gasteiger partial charge in [0.05, 0.1) is 0 Å². The molecule has 1 unspecified atom stereocenters. The third-order valence-electron chi connectivity index (χ3n) is 8.48. The van der Waals surface area contributed by atoms with Crippen LogP contribution < -0.4 is 0 Å². The smallest absolute Gasteiger partial charge is 0.0346 e. The lowest BCUT2D eigenvalue weighted by molar-refractivity contribution is 1.03. The van der Waals surface area contributed by atoms with Gasteiger partial charge in [-0.2, -0.15) is 0 Å². The molecule has 1 heterocycles. The molecule has 0 amide bonds. The maximum Gasteiger partial charge on any atom is 0.0346 e. The molecule has 0 saturated carbocycles. The van der Waals surface area contributed by atoms with E-state index in [9.17, 15) is 0 Å². The summed E-state index contributed by atoms with van der Waals surface area (Å²) >= 11 is 0. The summed E-state index contributed by atoms with van der Waals surface area (Å²) in [5.41, 5.74) is 12.3. The Bertz CT molecular complexity index is 2030. The standard InChI is InChI=1S/C43H33N/c1-31(32-19-21-34(22-20-32)40-16-9-27-44-30-40)28-43(39-15-7-14-38(29-39)33-10-3-2-4-11-33)37-25-23-36(24-26-37)42-18-8-13-35-12-5-6-17-41(35)42/h2-30,43H,1H3/b31-28+. The van der Waals surface area contributed by atoms with Crippen molar-refractivity contribution < 1.29 is 0 Å². The summed E-state index contributed by atoms with van der Waals surface area (Å²) in [7, 11) is 0. The number of aromatic nitrogens is 1. The Hall–Kier alpha value is -5.53. The fourth-order valence-corrected chi connectivity index (χ4v) is 6.08. The average Bonchev–Trinajstić information content (AvgIpc) is 3.11. The van der Waals surface area contributed by atoms with Crippen LogP contribution in [0.5, 0.6) is 0 Å². The number of rotatable bonds is 7. The highest BCUT2D eigenvalue weighted by Gasteiger charge is 2.15. The molecule has 0 radical (unpaired) electrons. The molecular weight excluding hydrogens is 530 g/mol. The van der Waals surface area contributed by atoms with Crippen molar-refractivity contribution in [3.8, 4) is 33.4 Å². The van der Waals surface area contributed by atoms with Crippen LogP contribution in [0.25, 0.3) is 49.7 Å². The summed E-state index contributed by atoms with van der Waals surface area (Å²) in [5.74, 6) is 0.0956. The molecule has 7 aromatic rings. The van der Waals surface area contributed by atoms with Gasteiger partial charge in [-0.3, -0.25) is 4.98 Å². The van der Waals surface area contributed by atoms with Crippen LogP contribution in [0, 0.1) is 0 Å². The zero-order valence-electron chi connectivity index (χ0n) is 24.8. The third-order valence-corrected chi connectivity index (χ3v) is 8.48. The van der Waals surface area contributed by atoms with Crippen LogP contribution in [0.1, 0.15) is 29.5 Å². The van der Waals surface area contributed by atoms with Gasteiger partial charge in [0.1, 0.15) is 0 Å². The van der Waals surface area contributed by atoms with E-state index in [1.807, 2.05) is 18.5 Å². The van der Waals surface area contributed by atoms with Gasteiger partial charge in [-0.1, -0.05) is 158 Å². The van der Waals surface area contributed by atoms with Gasteiger partial charge in [-0.25, -0.2) is 0 Å². The summed E-state index contributed by atoms with van der Waals surface area (Å²) < 4.78 is 0. The Balaban J connectivity index is 1.28. The Morgan fingerprint density at radius 1 is 0.523 bits per heavy atom. The lowest BCUT2D eigenvalue weighted by Gasteiger charge is -2.18. The van der Waals surface area contributed by atoms with Crippen molar-refractivity contribution in [2.45, 2.75) is 12.8 Å². The van der Waals surface area contributed by atoms with Gasteiger partial charge >= 0.3 is 0 Å². The second-order valence-electron chi connectivity index (χ2n) is 11.3. The van der Waals surface area contributed by atoms with E-state index in [0.717, 1.165) is 5.56 Å². The lowest BCUT2D eigenvalue weighted by atomic mass is 9.86. The molecule has 0 fully saturated rings. The Labute approximate surface area is 259 Å². The van der Waals surface area contributed by atoms with Gasteiger partial charge in [0.2, 0.25) is 0 Å². The number of hydrogen-bond donors (Lipinski definition) is 0. The molecule has 1 nitrogen and oxygen atoms in total. The molecule has 0 N–H and O–H groups in total. The van der Waals surface area contributed by atoms with Crippen LogP contribution >= 0.6 is 0 Å². The van der Waals surface area contributed by atoms with Gasteiger partial charge in [0.15, 0.2) is 0 Å². The first-order chi connectivity index (χ1) is 21.7. The van der Waals surface area contributed by atoms with Gasteiger partial charge in [0, 0.05) is 18.3 Å². The minimum atomic E-state index is 0.0956. The number of benzene rings is 6. The first-order valence-electron chi connectivity index (χ1n) is 15.2. The third kappa shape index (κ3) is 5.73. The summed E-state index contributed by atoms with van der Waals surface area (Å²) in [6.45, 7) is 2.22. The molecule has 210 valence electrons. The first kappa shape index (κ1) is 27.3. The predicted octanol–water partition coefficient (Wildman–Crippen LogP) is 11.5. The van der Waals surface area contributed by atoms with E-state index in [1.54, 1.807) is 0 Å². The second-order valence-corrected chi connectivity index (χ2v) is 11.3. The molecular formula is C43H33N. The lowest BCUT2D eigenvalue weighted by Crippen LogP contribution is -2.00. The molecule has 1 aromatic heterocycles. The van der Waals surface area contributed by atoms with Crippen LogP contribution in [-0.2, 0) is 0 Å². The van der Waals surface area contributed by atoms with E-state index < -0.39 is 0 Å². The monoisotopic (exact) mass is 563 g/mol. The Kier molecular flexibility index (Phi) is 7.68. The molecule has 7 rings (SSSR count). The highest BCUT2D eigenvalue weighted by molar-refractivity contribution is 5.96. The molecule has 0 aliphatic rings. The van der Waals surface area contributed by atoms with Crippen molar-refractivity contribution in [1.29, 1.82) is 0 Å². The van der Waals surface area contributed by atoms with Gasteiger partial charge < -0.3 is 0 Å². The fraction of sp³-hybridized carbons (Fsp3) is 0.0465. The van der Waals surface area contributed by atoms with Crippen LogP contribution in [-0.4, -0.2) is 4.98 Å². The van der Waals surface area contributed by atoms with Crippen LogP contribution in [0.15, 0.2) is 176 Å². The molecule has 0 bridgehead atoms. The summed E-state index contributed by atoms with van der Waals surface area (Å²) in [6, 6.07) is 56.8. The number of nitrogens with zero attached hydrogens (tertiary/aromatic N) is 1. The largest absolute Gasteiger partial charge is 0.264 e. The SMILES string of the molecule is C/C(=C\C(c1ccc(-c2cccc3ccccc23)cc1)c1cccc(-c2ccccc2)c1)c1ccc(-c2cccnc2)cc1. The van der Waals surface area contributed by atoms with E-state index in [1.165, 1.54) is 60.9 Å². The number of hydrogen-bond acceptors (Lipinski definition) is 1. The summed E-state index contributed by atoms with van der Waals surface area (Å²) in [6.07, 6.45) is 6.14. The number of fused-ring (bicyclic) bond motifs is 1. The van der Waals surface area contributed by atoms with Crippen molar-refractivity contribution in [1.82, 2.24) is 4.98 Å². The van der Waals surface area contributed by atoms with Gasteiger partial charge in [-0.15, -0.1) is 0 Å². The maximum atomic E-state index is 4.28. The van der Waals surface area contributed by atoms with Crippen molar-refractivity contribution in [2.24, 2.45) is 0 Å².